The maximum atomic E-state index is 12.2. The van der Waals surface area contributed by atoms with Crippen LogP contribution in [0.1, 0.15) is 46.5 Å². The molecule has 2 atom stereocenters. The van der Waals surface area contributed by atoms with Crippen molar-refractivity contribution < 1.29 is 19.1 Å². The monoisotopic (exact) mass is 327 g/mol. The fraction of sp³-hybridized carbons (Fsp3) is 0.812. The van der Waals surface area contributed by atoms with Gasteiger partial charge in [0.15, 0.2) is 0 Å². The molecule has 1 aliphatic carbocycles. The predicted molar refractivity (Wildman–Crippen MR) is 86.8 cm³/mol. The van der Waals surface area contributed by atoms with E-state index in [-0.39, 0.29) is 31.6 Å². The van der Waals surface area contributed by atoms with Crippen LogP contribution in [0, 0.1) is 5.92 Å². The Hall–Kier alpha value is -1.63. The molecule has 7 heteroatoms. The molecule has 1 fully saturated rings. The number of carbonyl (C=O) groups is 3. The zero-order valence-electron chi connectivity index (χ0n) is 14.4. The largest absolute Gasteiger partial charge is 0.450 e. The number of nitrogens with one attached hydrogen (secondary N) is 2. The summed E-state index contributed by atoms with van der Waals surface area (Å²) in [5, 5.41) is 5.20. The topological polar surface area (TPSA) is 87.7 Å². The SMILES string of the molecule is CCOC(=O)NC(=O)CN(CC)CC(=O)N[C@@H]1CCCC[C@@H]1C. The van der Waals surface area contributed by atoms with Crippen molar-refractivity contribution in [3.8, 4) is 0 Å². The highest BCUT2D eigenvalue weighted by atomic mass is 16.5. The summed E-state index contributed by atoms with van der Waals surface area (Å²) < 4.78 is 4.65. The molecule has 2 N–H and O–H groups in total. The minimum atomic E-state index is -0.756. The number of alkyl carbamates (subject to hydrolysis) is 1. The number of amides is 3. The summed E-state index contributed by atoms with van der Waals surface area (Å²) in [6.07, 6.45) is 3.78. The van der Waals surface area contributed by atoms with Gasteiger partial charge in [-0.15, -0.1) is 0 Å². The summed E-state index contributed by atoms with van der Waals surface area (Å²) in [6.45, 7) is 6.59. The van der Waals surface area contributed by atoms with Crippen LogP contribution in [-0.2, 0) is 14.3 Å². The minimum absolute atomic E-state index is 0.0110. The zero-order valence-corrected chi connectivity index (χ0v) is 14.4. The first-order chi connectivity index (χ1) is 11.0. The Morgan fingerprint density at radius 1 is 1.09 bits per heavy atom. The van der Waals surface area contributed by atoms with Crippen molar-refractivity contribution in [2.75, 3.05) is 26.2 Å². The maximum Gasteiger partial charge on any atom is 0.413 e. The van der Waals surface area contributed by atoms with Crippen molar-refractivity contribution in [1.29, 1.82) is 0 Å². The van der Waals surface area contributed by atoms with Gasteiger partial charge < -0.3 is 10.1 Å². The van der Waals surface area contributed by atoms with E-state index in [0.29, 0.717) is 12.5 Å². The average Bonchev–Trinajstić information content (AvgIpc) is 2.49. The van der Waals surface area contributed by atoms with Gasteiger partial charge in [-0.25, -0.2) is 4.79 Å². The summed E-state index contributed by atoms with van der Waals surface area (Å²) in [7, 11) is 0. The number of nitrogens with zero attached hydrogens (tertiary/aromatic N) is 1. The summed E-state index contributed by atoms with van der Waals surface area (Å²) in [6, 6.07) is 0.225. The van der Waals surface area contributed by atoms with Gasteiger partial charge in [0.05, 0.1) is 19.7 Å². The van der Waals surface area contributed by atoms with Crippen LogP contribution in [-0.4, -0.2) is 55.1 Å². The van der Waals surface area contributed by atoms with Crippen molar-refractivity contribution in [2.24, 2.45) is 5.92 Å². The molecule has 0 aromatic heterocycles. The molecule has 0 aliphatic heterocycles. The lowest BCUT2D eigenvalue weighted by atomic mass is 9.86. The molecule has 132 valence electrons. The number of carbonyl (C=O) groups excluding carboxylic acids is 3. The van der Waals surface area contributed by atoms with Gasteiger partial charge in [-0.2, -0.15) is 0 Å². The van der Waals surface area contributed by atoms with Crippen LogP contribution >= 0.6 is 0 Å². The van der Waals surface area contributed by atoms with Gasteiger partial charge >= 0.3 is 6.09 Å². The van der Waals surface area contributed by atoms with E-state index in [2.05, 4.69) is 22.3 Å². The molecule has 0 radical (unpaired) electrons. The molecule has 0 unspecified atom stereocenters. The first kappa shape index (κ1) is 19.4. The van der Waals surface area contributed by atoms with E-state index >= 15 is 0 Å². The number of likely N-dealkylation sites (N-methyl/N-ethyl adjacent to an activating group) is 1. The van der Waals surface area contributed by atoms with Gasteiger partial charge in [0.2, 0.25) is 11.8 Å². The van der Waals surface area contributed by atoms with E-state index in [1.165, 1.54) is 6.42 Å². The molecule has 0 bridgehead atoms. The molecule has 0 spiro atoms. The second-order valence-corrected chi connectivity index (χ2v) is 6.01. The van der Waals surface area contributed by atoms with E-state index < -0.39 is 12.0 Å². The molecule has 23 heavy (non-hydrogen) atoms. The van der Waals surface area contributed by atoms with Gasteiger partial charge in [0.1, 0.15) is 0 Å². The van der Waals surface area contributed by atoms with E-state index in [0.717, 1.165) is 19.3 Å². The standard InChI is InChI=1S/C16H29N3O4/c1-4-19(11-15(21)18-16(22)23-5-2)10-14(20)17-13-9-7-6-8-12(13)3/h12-13H,4-11H2,1-3H3,(H,17,20)(H,18,21,22)/t12-,13+/m0/s1. The highest BCUT2D eigenvalue weighted by Crippen LogP contribution is 2.23. The summed E-state index contributed by atoms with van der Waals surface area (Å²) >= 11 is 0. The smallest absolute Gasteiger partial charge is 0.413 e. The third-order valence-electron chi connectivity index (χ3n) is 4.16. The lowest BCUT2D eigenvalue weighted by Crippen LogP contribution is -2.48. The first-order valence-corrected chi connectivity index (χ1v) is 8.44. The van der Waals surface area contributed by atoms with Gasteiger partial charge in [-0.1, -0.05) is 26.7 Å². The van der Waals surface area contributed by atoms with Crippen molar-refractivity contribution in [2.45, 2.75) is 52.5 Å². The van der Waals surface area contributed by atoms with Crippen molar-refractivity contribution >= 4 is 17.9 Å². The van der Waals surface area contributed by atoms with E-state index in [1.54, 1.807) is 11.8 Å². The number of hydrogen-bond donors (Lipinski definition) is 2. The van der Waals surface area contributed by atoms with Crippen LogP contribution < -0.4 is 10.6 Å². The quantitative estimate of drug-likeness (QED) is 0.735. The van der Waals surface area contributed by atoms with Crippen LogP contribution in [0.3, 0.4) is 0 Å². The van der Waals surface area contributed by atoms with Crippen LogP contribution in [0.25, 0.3) is 0 Å². The molecule has 3 amide bonds. The minimum Gasteiger partial charge on any atom is -0.450 e. The number of rotatable bonds is 7. The van der Waals surface area contributed by atoms with E-state index in [1.807, 2.05) is 6.92 Å². The molecule has 0 heterocycles. The van der Waals surface area contributed by atoms with Gasteiger partial charge in [0.25, 0.3) is 0 Å². The average molecular weight is 327 g/mol. The lowest BCUT2D eigenvalue weighted by Gasteiger charge is -2.30. The van der Waals surface area contributed by atoms with Crippen LogP contribution in [0.15, 0.2) is 0 Å². The van der Waals surface area contributed by atoms with E-state index in [9.17, 15) is 14.4 Å². The summed E-state index contributed by atoms with van der Waals surface area (Å²) in [4.78, 5) is 36.8. The molecule has 0 aromatic rings. The highest BCUT2D eigenvalue weighted by molar-refractivity contribution is 5.93. The normalized spacial score (nSPS) is 20.9. The van der Waals surface area contributed by atoms with Crippen LogP contribution in [0.2, 0.25) is 0 Å². The second kappa shape index (κ2) is 10.2. The Labute approximate surface area is 138 Å². The fourth-order valence-electron chi connectivity index (χ4n) is 2.79. The highest BCUT2D eigenvalue weighted by Gasteiger charge is 2.23. The number of imide groups is 1. The van der Waals surface area contributed by atoms with Crippen molar-refractivity contribution in [3.05, 3.63) is 0 Å². The van der Waals surface area contributed by atoms with Crippen molar-refractivity contribution in [1.82, 2.24) is 15.5 Å². The Kier molecular flexibility index (Phi) is 8.61. The Morgan fingerprint density at radius 3 is 2.35 bits per heavy atom. The first-order valence-electron chi connectivity index (χ1n) is 8.44. The molecular weight excluding hydrogens is 298 g/mol. The fourth-order valence-corrected chi connectivity index (χ4v) is 2.79. The number of hydrogen-bond acceptors (Lipinski definition) is 5. The Balaban J connectivity index is 2.37. The Bertz CT molecular complexity index is 414. The molecule has 0 saturated heterocycles. The third kappa shape index (κ3) is 7.45. The third-order valence-corrected chi connectivity index (χ3v) is 4.16. The predicted octanol–water partition coefficient (Wildman–Crippen LogP) is 1.28. The zero-order chi connectivity index (χ0) is 17.2. The van der Waals surface area contributed by atoms with Gasteiger partial charge in [-0.05, 0) is 32.2 Å². The molecular formula is C16H29N3O4. The van der Waals surface area contributed by atoms with Gasteiger partial charge in [-0.3, -0.25) is 19.8 Å². The second-order valence-electron chi connectivity index (χ2n) is 6.01. The Morgan fingerprint density at radius 2 is 1.74 bits per heavy atom. The van der Waals surface area contributed by atoms with Crippen molar-refractivity contribution in [3.63, 3.8) is 0 Å². The summed E-state index contributed by atoms with van der Waals surface area (Å²) in [5.41, 5.74) is 0. The summed E-state index contributed by atoms with van der Waals surface area (Å²) in [5.74, 6) is -0.0476. The van der Waals surface area contributed by atoms with E-state index in [4.69, 9.17) is 0 Å². The maximum absolute atomic E-state index is 12.2. The van der Waals surface area contributed by atoms with Crippen LogP contribution in [0.5, 0.6) is 0 Å². The molecule has 1 saturated carbocycles. The lowest BCUT2D eigenvalue weighted by molar-refractivity contribution is -0.125. The molecule has 1 aliphatic rings. The molecule has 7 nitrogen and oxygen atoms in total. The number of ether oxygens (including phenoxy) is 1. The molecule has 0 aromatic carbocycles. The van der Waals surface area contributed by atoms with Gasteiger partial charge in [0, 0.05) is 6.04 Å². The molecule has 1 rings (SSSR count). The van der Waals surface area contributed by atoms with Crippen LogP contribution in [0.4, 0.5) is 4.79 Å².